The van der Waals surface area contributed by atoms with Crippen molar-refractivity contribution in [2.45, 2.75) is 13.0 Å². The van der Waals surface area contributed by atoms with E-state index in [2.05, 4.69) is 5.32 Å². The van der Waals surface area contributed by atoms with Crippen LogP contribution in [0.2, 0.25) is 0 Å². The Morgan fingerprint density at radius 3 is 2.79 bits per heavy atom. The van der Waals surface area contributed by atoms with Crippen molar-refractivity contribution in [2.24, 2.45) is 5.73 Å². The second-order valence-electron chi connectivity index (χ2n) is 3.05. The van der Waals surface area contributed by atoms with Crippen LogP contribution in [-0.2, 0) is 20.3 Å². The summed E-state index contributed by atoms with van der Waals surface area (Å²) in [6, 6.07) is -0.0881. The molecule has 0 aromatic rings. The van der Waals surface area contributed by atoms with Crippen LogP contribution in [0.15, 0.2) is 0 Å². The molecule has 2 unspecified atom stereocenters. The van der Waals surface area contributed by atoms with Gasteiger partial charge in [0.1, 0.15) is 6.61 Å². The average molecular weight is 222 g/mol. The Morgan fingerprint density at radius 2 is 2.29 bits per heavy atom. The van der Waals surface area contributed by atoms with E-state index in [1.807, 2.05) is 6.92 Å². The van der Waals surface area contributed by atoms with Crippen molar-refractivity contribution in [3.63, 3.8) is 0 Å². The SMILES string of the molecule is CC(CS(C)=O)NC(=O)COCCN. The summed E-state index contributed by atoms with van der Waals surface area (Å²) in [4.78, 5) is 11.1. The van der Waals surface area contributed by atoms with Crippen LogP contribution >= 0.6 is 0 Å². The molecular weight excluding hydrogens is 204 g/mol. The summed E-state index contributed by atoms with van der Waals surface area (Å²) in [7, 11) is -0.895. The number of amides is 1. The van der Waals surface area contributed by atoms with E-state index in [1.54, 1.807) is 6.26 Å². The first-order chi connectivity index (χ1) is 6.56. The molecule has 6 heteroatoms. The van der Waals surface area contributed by atoms with Crippen molar-refractivity contribution in [3.8, 4) is 0 Å². The first kappa shape index (κ1) is 13.5. The van der Waals surface area contributed by atoms with Gasteiger partial charge in [0.05, 0.1) is 6.61 Å². The Hall–Kier alpha value is -0.460. The molecule has 0 saturated heterocycles. The first-order valence-electron chi connectivity index (χ1n) is 4.43. The molecule has 84 valence electrons. The zero-order chi connectivity index (χ0) is 11.0. The van der Waals surface area contributed by atoms with Crippen LogP contribution in [0.3, 0.4) is 0 Å². The average Bonchev–Trinajstić information content (AvgIpc) is 2.02. The van der Waals surface area contributed by atoms with E-state index in [-0.39, 0.29) is 18.6 Å². The summed E-state index contributed by atoms with van der Waals surface area (Å²) < 4.78 is 15.7. The quantitative estimate of drug-likeness (QED) is 0.533. The highest BCUT2D eigenvalue weighted by atomic mass is 32.2. The summed E-state index contributed by atoms with van der Waals surface area (Å²) in [5.41, 5.74) is 5.18. The summed E-state index contributed by atoms with van der Waals surface area (Å²) in [5.74, 6) is 0.263. The second-order valence-corrected chi connectivity index (χ2v) is 4.53. The lowest BCUT2D eigenvalue weighted by atomic mass is 10.4. The molecule has 2 atom stereocenters. The lowest BCUT2D eigenvalue weighted by Gasteiger charge is -2.12. The van der Waals surface area contributed by atoms with E-state index in [4.69, 9.17) is 10.5 Å². The summed E-state index contributed by atoms with van der Waals surface area (Å²) >= 11 is 0. The molecule has 0 aromatic carbocycles. The molecular formula is C8H18N2O3S. The minimum atomic E-state index is -0.895. The second kappa shape index (κ2) is 7.90. The fourth-order valence-corrected chi connectivity index (χ4v) is 1.75. The molecule has 1 amide bonds. The maximum atomic E-state index is 11.1. The van der Waals surface area contributed by atoms with Gasteiger partial charge in [0.15, 0.2) is 0 Å². The van der Waals surface area contributed by atoms with Crippen LogP contribution in [0.5, 0.6) is 0 Å². The zero-order valence-electron chi connectivity index (χ0n) is 8.62. The van der Waals surface area contributed by atoms with Crippen LogP contribution in [0.25, 0.3) is 0 Å². The molecule has 0 heterocycles. The molecule has 0 aliphatic carbocycles. The van der Waals surface area contributed by atoms with E-state index in [9.17, 15) is 9.00 Å². The third-order valence-corrected chi connectivity index (χ3v) is 2.36. The number of nitrogens with two attached hydrogens (primary N) is 1. The van der Waals surface area contributed by atoms with Gasteiger partial charge in [0.25, 0.3) is 0 Å². The number of ether oxygens (including phenoxy) is 1. The van der Waals surface area contributed by atoms with Crippen molar-refractivity contribution in [2.75, 3.05) is 31.8 Å². The molecule has 0 fully saturated rings. The van der Waals surface area contributed by atoms with Crippen LogP contribution < -0.4 is 11.1 Å². The van der Waals surface area contributed by atoms with Gasteiger partial charge >= 0.3 is 0 Å². The molecule has 0 aliphatic rings. The molecule has 0 spiro atoms. The van der Waals surface area contributed by atoms with Crippen LogP contribution in [0, 0.1) is 0 Å². The molecule has 0 aliphatic heterocycles. The van der Waals surface area contributed by atoms with Crippen molar-refractivity contribution < 1.29 is 13.7 Å². The van der Waals surface area contributed by atoms with Crippen LogP contribution in [0.1, 0.15) is 6.92 Å². The first-order valence-corrected chi connectivity index (χ1v) is 6.16. The number of hydrogen-bond acceptors (Lipinski definition) is 4. The van der Waals surface area contributed by atoms with E-state index in [1.165, 1.54) is 0 Å². The van der Waals surface area contributed by atoms with E-state index < -0.39 is 10.8 Å². The maximum Gasteiger partial charge on any atom is 0.246 e. The Balaban J connectivity index is 3.55. The number of carbonyl (C=O) groups excluding carboxylic acids is 1. The van der Waals surface area contributed by atoms with Gasteiger partial charge in [-0.15, -0.1) is 0 Å². The van der Waals surface area contributed by atoms with Gasteiger partial charge in [-0.2, -0.15) is 0 Å². The summed E-state index contributed by atoms with van der Waals surface area (Å²) in [6.45, 7) is 2.60. The molecule has 0 aromatic heterocycles. The van der Waals surface area contributed by atoms with Crippen molar-refractivity contribution in [3.05, 3.63) is 0 Å². The number of nitrogens with one attached hydrogen (secondary N) is 1. The lowest BCUT2D eigenvalue weighted by Crippen LogP contribution is -2.38. The highest BCUT2D eigenvalue weighted by Gasteiger charge is 2.08. The van der Waals surface area contributed by atoms with Gasteiger partial charge in [-0.1, -0.05) is 0 Å². The topological polar surface area (TPSA) is 81.4 Å². The van der Waals surface area contributed by atoms with Gasteiger partial charge in [0, 0.05) is 35.4 Å². The highest BCUT2D eigenvalue weighted by molar-refractivity contribution is 7.84. The normalized spacial score (nSPS) is 14.8. The monoisotopic (exact) mass is 222 g/mol. The van der Waals surface area contributed by atoms with Crippen molar-refractivity contribution in [1.82, 2.24) is 5.32 Å². The van der Waals surface area contributed by atoms with E-state index in [0.29, 0.717) is 18.9 Å². The Bertz CT molecular complexity index is 199. The zero-order valence-corrected chi connectivity index (χ0v) is 9.43. The third kappa shape index (κ3) is 8.15. The number of hydrogen-bond donors (Lipinski definition) is 2. The Morgan fingerprint density at radius 1 is 1.64 bits per heavy atom. The predicted octanol–water partition coefficient (Wildman–Crippen LogP) is -1.16. The lowest BCUT2D eigenvalue weighted by molar-refractivity contribution is -0.126. The smallest absolute Gasteiger partial charge is 0.246 e. The van der Waals surface area contributed by atoms with Crippen LogP contribution in [0.4, 0.5) is 0 Å². The fourth-order valence-electron chi connectivity index (χ4n) is 0.958. The van der Waals surface area contributed by atoms with Gasteiger partial charge in [-0.25, -0.2) is 0 Å². The minimum absolute atomic E-state index is 0.0118. The largest absolute Gasteiger partial charge is 0.370 e. The predicted molar refractivity (Wildman–Crippen MR) is 56.4 cm³/mol. The van der Waals surface area contributed by atoms with E-state index >= 15 is 0 Å². The van der Waals surface area contributed by atoms with Gasteiger partial charge < -0.3 is 15.8 Å². The number of carbonyl (C=O) groups is 1. The van der Waals surface area contributed by atoms with Crippen molar-refractivity contribution >= 4 is 16.7 Å². The standard InChI is InChI=1S/C8H18N2O3S/c1-7(6-14(2)12)10-8(11)5-13-4-3-9/h7H,3-6,9H2,1-2H3,(H,10,11). The van der Waals surface area contributed by atoms with E-state index in [0.717, 1.165) is 0 Å². The third-order valence-electron chi connectivity index (χ3n) is 1.39. The molecule has 14 heavy (non-hydrogen) atoms. The van der Waals surface area contributed by atoms with Gasteiger partial charge in [0.2, 0.25) is 5.91 Å². The Labute approximate surface area is 86.8 Å². The summed E-state index contributed by atoms with van der Waals surface area (Å²) in [6.07, 6.45) is 1.60. The van der Waals surface area contributed by atoms with Crippen molar-refractivity contribution in [1.29, 1.82) is 0 Å². The number of rotatable bonds is 7. The summed E-state index contributed by atoms with van der Waals surface area (Å²) in [5, 5.41) is 2.67. The molecule has 0 saturated carbocycles. The maximum absolute atomic E-state index is 11.1. The highest BCUT2D eigenvalue weighted by Crippen LogP contribution is 1.86. The van der Waals surface area contributed by atoms with Crippen LogP contribution in [-0.4, -0.2) is 47.9 Å². The molecule has 5 nitrogen and oxygen atoms in total. The molecule has 0 rings (SSSR count). The molecule has 0 bridgehead atoms. The van der Waals surface area contributed by atoms with Gasteiger partial charge in [-0.3, -0.25) is 9.00 Å². The molecule has 0 radical (unpaired) electrons. The molecule has 3 N–H and O–H groups in total. The Kier molecular flexibility index (Phi) is 7.64. The minimum Gasteiger partial charge on any atom is -0.370 e. The van der Waals surface area contributed by atoms with Gasteiger partial charge in [-0.05, 0) is 6.92 Å². The fraction of sp³-hybridized carbons (Fsp3) is 0.875.